The molecule has 2 amide bonds. The fraction of sp³-hybridized carbons (Fsp3) is 0.185. The number of anilines is 1. The second kappa shape index (κ2) is 9.27. The number of carbonyl (C=O) groups excluding carboxylic acids is 2. The van der Waals surface area contributed by atoms with Crippen molar-refractivity contribution in [2.45, 2.75) is 25.8 Å². The molecule has 3 aromatic carbocycles. The van der Waals surface area contributed by atoms with E-state index in [1.807, 2.05) is 78.9 Å². The summed E-state index contributed by atoms with van der Waals surface area (Å²) in [7, 11) is 0. The molecule has 170 valence electrons. The van der Waals surface area contributed by atoms with Gasteiger partial charge in [-0.3, -0.25) is 9.59 Å². The lowest BCUT2D eigenvalue weighted by Crippen LogP contribution is -2.40. The van der Waals surface area contributed by atoms with Gasteiger partial charge >= 0.3 is 0 Å². The summed E-state index contributed by atoms with van der Waals surface area (Å²) in [6, 6.07) is 24.4. The number of aliphatic imine (C=N–C) groups is 2. The summed E-state index contributed by atoms with van der Waals surface area (Å²) in [5.41, 5.74) is 4.35. The van der Waals surface area contributed by atoms with E-state index < -0.39 is 6.04 Å². The Labute approximate surface area is 202 Å². The Morgan fingerprint density at radius 1 is 1.00 bits per heavy atom. The van der Waals surface area contributed by atoms with Crippen LogP contribution in [-0.2, 0) is 9.59 Å². The molecule has 0 saturated carbocycles. The normalized spacial score (nSPS) is 16.6. The minimum Gasteiger partial charge on any atom is -0.325 e. The number of nitrogens with zero attached hydrogens (tertiary/aromatic N) is 3. The number of rotatable bonds is 5. The molecule has 2 aliphatic rings. The number of carbonyl (C=O) groups is 2. The van der Waals surface area contributed by atoms with Crippen LogP contribution < -0.4 is 5.32 Å². The third-order valence-electron chi connectivity index (χ3n) is 5.78. The molecule has 7 heteroatoms. The molecule has 0 aromatic heterocycles. The quantitative estimate of drug-likeness (QED) is 0.536. The van der Waals surface area contributed by atoms with Crippen molar-refractivity contribution in [3.8, 4) is 0 Å². The number of nitrogens with one attached hydrogen (secondary N) is 1. The van der Waals surface area contributed by atoms with E-state index in [2.05, 4.69) is 19.2 Å². The minimum atomic E-state index is -0.624. The van der Waals surface area contributed by atoms with Gasteiger partial charge in [0, 0.05) is 11.3 Å². The summed E-state index contributed by atoms with van der Waals surface area (Å²) in [6.45, 7) is 4.26. The molecule has 0 unspecified atom stereocenters. The first-order valence-corrected chi connectivity index (χ1v) is 12.2. The van der Waals surface area contributed by atoms with Crippen LogP contribution in [0.4, 0.5) is 11.4 Å². The SMILES string of the molecule is CC(C)c1ccc(NC(=O)CSC2=Nc3ccccc3C3=N[C@@H](c4ccccc4)C(=O)N23)cc1. The standard InChI is InChI=1S/C27H24N4O2S/c1-17(2)18-12-14-20(15-13-18)28-23(32)16-34-27-29-22-11-7-6-10-21(22)25-30-24(26(33)31(25)27)19-8-4-3-5-9-19/h3-15,17,24H,16H2,1-2H3,(H,28,32)/t24-/m0/s1. The van der Waals surface area contributed by atoms with Gasteiger partial charge in [-0.25, -0.2) is 14.9 Å². The number of hydrogen-bond donors (Lipinski definition) is 1. The van der Waals surface area contributed by atoms with Gasteiger partial charge in [-0.1, -0.05) is 80.2 Å². The average Bonchev–Trinajstić information content (AvgIpc) is 3.21. The van der Waals surface area contributed by atoms with Crippen LogP contribution in [0.25, 0.3) is 0 Å². The second-order valence-electron chi connectivity index (χ2n) is 8.46. The number of thioether (sulfide) groups is 1. The van der Waals surface area contributed by atoms with E-state index in [0.717, 1.165) is 22.5 Å². The summed E-state index contributed by atoms with van der Waals surface area (Å²) in [6.07, 6.45) is 0. The van der Waals surface area contributed by atoms with Gasteiger partial charge in [-0.05, 0) is 41.3 Å². The van der Waals surface area contributed by atoms with E-state index in [9.17, 15) is 9.59 Å². The molecule has 2 heterocycles. The van der Waals surface area contributed by atoms with Gasteiger partial charge in [0.2, 0.25) is 5.91 Å². The van der Waals surface area contributed by atoms with Crippen LogP contribution in [0.1, 0.15) is 42.5 Å². The van der Waals surface area contributed by atoms with Gasteiger partial charge in [0.1, 0.15) is 5.84 Å². The monoisotopic (exact) mass is 468 g/mol. The molecule has 0 aliphatic carbocycles. The predicted octanol–water partition coefficient (Wildman–Crippen LogP) is 5.51. The molecule has 1 atom stereocenters. The summed E-state index contributed by atoms with van der Waals surface area (Å²) in [5, 5.41) is 3.39. The van der Waals surface area contributed by atoms with Crippen molar-refractivity contribution in [1.29, 1.82) is 0 Å². The van der Waals surface area contributed by atoms with Crippen LogP contribution in [0, 0.1) is 0 Å². The maximum atomic E-state index is 13.4. The highest BCUT2D eigenvalue weighted by Gasteiger charge is 2.42. The summed E-state index contributed by atoms with van der Waals surface area (Å²) in [5.74, 6) is 0.818. The van der Waals surface area contributed by atoms with Crippen molar-refractivity contribution in [3.63, 3.8) is 0 Å². The van der Waals surface area contributed by atoms with Gasteiger partial charge in [-0.2, -0.15) is 0 Å². The van der Waals surface area contributed by atoms with E-state index in [0.29, 0.717) is 16.9 Å². The van der Waals surface area contributed by atoms with Crippen LogP contribution >= 0.6 is 11.8 Å². The lowest BCUT2D eigenvalue weighted by Gasteiger charge is -2.25. The minimum absolute atomic E-state index is 0.125. The molecular formula is C27H24N4O2S. The fourth-order valence-electron chi connectivity index (χ4n) is 3.98. The zero-order chi connectivity index (χ0) is 23.7. The third kappa shape index (κ3) is 4.26. The van der Waals surface area contributed by atoms with Crippen molar-refractivity contribution < 1.29 is 9.59 Å². The molecular weight excluding hydrogens is 444 g/mol. The average molecular weight is 469 g/mol. The van der Waals surface area contributed by atoms with Crippen LogP contribution in [0.5, 0.6) is 0 Å². The molecule has 5 rings (SSSR count). The predicted molar refractivity (Wildman–Crippen MR) is 138 cm³/mol. The highest BCUT2D eigenvalue weighted by Crippen LogP contribution is 2.37. The summed E-state index contributed by atoms with van der Waals surface area (Å²) < 4.78 is 0. The van der Waals surface area contributed by atoms with Crippen molar-refractivity contribution in [1.82, 2.24) is 4.90 Å². The molecule has 0 spiro atoms. The first-order valence-electron chi connectivity index (χ1n) is 11.2. The molecule has 0 radical (unpaired) electrons. The molecule has 34 heavy (non-hydrogen) atoms. The highest BCUT2D eigenvalue weighted by molar-refractivity contribution is 8.14. The van der Waals surface area contributed by atoms with E-state index >= 15 is 0 Å². The Kier molecular flexibility index (Phi) is 6.02. The number of para-hydroxylation sites is 1. The summed E-state index contributed by atoms with van der Waals surface area (Å²) >= 11 is 1.24. The molecule has 1 N–H and O–H groups in total. The Bertz CT molecular complexity index is 1300. The van der Waals surface area contributed by atoms with Crippen molar-refractivity contribution in [2.24, 2.45) is 9.98 Å². The van der Waals surface area contributed by atoms with E-state index in [1.54, 1.807) is 4.90 Å². The van der Waals surface area contributed by atoms with Gasteiger partial charge in [0.15, 0.2) is 11.2 Å². The zero-order valence-electron chi connectivity index (χ0n) is 18.9. The first kappa shape index (κ1) is 22.1. The Hall–Kier alpha value is -3.71. The lowest BCUT2D eigenvalue weighted by molar-refractivity contribution is -0.124. The number of fused-ring (bicyclic) bond motifs is 3. The van der Waals surface area contributed by atoms with Gasteiger partial charge in [0.25, 0.3) is 5.91 Å². The van der Waals surface area contributed by atoms with Crippen LogP contribution in [0.3, 0.4) is 0 Å². The largest absolute Gasteiger partial charge is 0.325 e. The maximum absolute atomic E-state index is 13.4. The van der Waals surface area contributed by atoms with E-state index in [4.69, 9.17) is 9.98 Å². The first-order chi connectivity index (χ1) is 16.5. The van der Waals surface area contributed by atoms with Gasteiger partial charge in [-0.15, -0.1) is 0 Å². The van der Waals surface area contributed by atoms with Crippen molar-refractivity contribution in [3.05, 3.63) is 95.6 Å². The number of amides is 2. The molecule has 2 aliphatic heterocycles. The molecule has 0 fully saturated rings. The van der Waals surface area contributed by atoms with E-state index in [-0.39, 0.29) is 17.6 Å². The smallest absolute Gasteiger partial charge is 0.263 e. The van der Waals surface area contributed by atoms with Crippen LogP contribution in [0.15, 0.2) is 88.8 Å². The van der Waals surface area contributed by atoms with Crippen molar-refractivity contribution >= 4 is 46.0 Å². The lowest BCUT2D eigenvalue weighted by atomic mass is 10.0. The fourth-order valence-corrected chi connectivity index (χ4v) is 4.78. The number of amidine groups is 2. The Balaban J connectivity index is 1.35. The summed E-state index contributed by atoms with van der Waals surface area (Å²) in [4.78, 5) is 37.1. The topological polar surface area (TPSA) is 74.1 Å². The van der Waals surface area contributed by atoms with Crippen LogP contribution in [-0.4, -0.2) is 33.5 Å². The van der Waals surface area contributed by atoms with Crippen LogP contribution in [0.2, 0.25) is 0 Å². The Morgan fingerprint density at radius 3 is 2.44 bits per heavy atom. The second-order valence-corrected chi connectivity index (χ2v) is 9.41. The van der Waals surface area contributed by atoms with Crippen molar-refractivity contribution in [2.75, 3.05) is 11.1 Å². The molecule has 0 bridgehead atoms. The zero-order valence-corrected chi connectivity index (χ0v) is 19.8. The van der Waals surface area contributed by atoms with Gasteiger partial charge in [0.05, 0.1) is 11.4 Å². The number of benzene rings is 3. The molecule has 6 nitrogen and oxygen atoms in total. The molecule has 3 aromatic rings. The number of hydrogen-bond acceptors (Lipinski definition) is 5. The van der Waals surface area contributed by atoms with Gasteiger partial charge < -0.3 is 5.32 Å². The third-order valence-corrected chi connectivity index (χ3v) is 6.72. The molecule has 0 saturated heterocycles. The maximum Gasteiger partial charge on any atom is 0.263 e. The van der Waals surface area contributed by atoms with E-state index in [1.165, 1.54) is 17.3 Å². The highest BCUT2D eigenvalue weighted by atomic mass is 32.2. The Morgan fingerprint density at radius 2 is 1.71 bits per heavy atom.